The molecule has 1 aromatic heterocycles. The van der Waals surface area contributed by atoms with E-state index in [1.807, 2.05) is 45.0 Å². The number of allylic oxidation sites excluding steroid dienone is 1. The van der Waals surface area contributed by atoms with E-state index >= 15 is 0 Å². The first-order chi connectivity index (χ1) is 18.2. The number of benzene rings is 2. The first-order valence-electron chi connectivity index (χ1n) is 12.4. The molecule has 2 N–H and O–H groups in total. The number of fused-ring (bicyclic) bond motifs is 5. The number of amides is 1. The van der Waals surface area contributed by atoms with Gasteiger partial charge in [-0.1, -0.05) is 31.2 Å². The van der Waals surface area contributed by atoms with E-state index in [0.29, 0.717) is 41.2 Å². The molecule has 1 amide bonds. The van der Waals surface area contributed by atoms with Gasteiger partial charge in [-0.2, -0.15) is 4.98 Å². The molecule has 0 radical (unpaired) electrons. The first kappa shape index (κ1) is 25.5. The van der Waals surface area contributed by atoms with E-state index in [2.05, 4.69) is 20.0 Å². The molecule has 0 saturated heterocycles. The second-order valence-corrected chi connectivity index (χ2v) is 10.9. The average molecular weight is 533 g/mol. The van der Waals surface area contributed by atoms with Gasteiger partial charge in [-0.05, 0) is 69.2 Å². The van der Waals surface area contributed by atoms with E-state index in [9.17, 15) is 13.2 Å². The van der Waals surface area contributed by atoms with Gasteiger partial charge in [-0.15, -0.1) is 0 Å². The van der Waals surface area contributed by atoms with Gasteiger partial charge in [0.25, 0.3) is 15.9 Å². The number of hydrogen-bond donors (Lipinski definition) is 2. The van der Waals surface area contributed by atoms with Crippen LogP contribution in [0.3, 0.4) is 0 Å². The zero-order valence-corrected chi connectivity index (χ0v) is 22.1. The summed E-state index contributed by atoms with van der Waals surface area (Å²) in [5, 5.41) is 2.87. The summed E-state index contributed by atoms with van der Waals surface area (Å²) in [4.78, 5) is 22.0. The summed E-state index contributed by atoms with van der Waals surface area (Å²) >= 11 is 0. The summed E-state index contributed by atoms with van der Waals surface area (Å²) in [5.74, 6) is 0.768. The van der Waals surface area contributed by atoms with Crippen molar-refractivity contribution in [1.29, 1.82) is 0 Å². The van der Waals surface area contributed by atoms with Gasteiger partial charge in [-0.25, -0.2) is 18.1 Å². The van der Waals surface area contributed by atoms with Gasteiger partial charge in [-0.3, -0.25) is 4.79 Å². The van der Waals surface area contributed by atoms with Crippen molar-refractivity contribution < 1.29 is 22.7 Å². The molecule has 6 bridgehead atoms. The van der Waals surface area contributed by atoms with Crippen LogP contribution in [0.5, 0.6) is 17.4 Å². The fourth-order valence-electron chi connectivity index (χ4n) is 4.32. The smallest absolute Gasteiger partial charge is 0.263 e. The van der Waals surface area contributed by atoms with E-state index in [1.54, 1.807) is 30.3 Å². The number of nitrogens with one attached hydrogen (secondary N) is 2. The number of nitrogens with zero attached hydrogens (tertiary/aromatic N) is 2. The second kappa shape index (κ2) is 10.3. The number of aromatic nitrogens is 2. The Labute approximate surface area is 221 Å². The van der Waals surface area contributed by atoms with Crippen LogP contribution < -0.4 is 19.5 Å². The fourth-order valence-corrected chi connectivity index (χ4v) is 5.38. The van der Waals surface area contributed by atoms with Gasteiger partial charge in [0.05, 0.1) is 22.7 Å². The highest BCUT2D eigenvalue weighted by molar-refractivity contribution is 7.96. The van der Waals surface area contributed by atoms with Gasteiger partial charge in [0.1, 0.15) is 11.5 Å². The first-order valence-corrected chi connectivity index (χ1v) is 13.9. The highest BCUT2D eigenvalue weighted by Crippen LogP contribution is 2.35. The van der Waals surface area contributed by atoms with Crippen molar-refractivity contribution in [2.45, 2.75) is 45.8 Å². The molecule has 38 heavy (non-hydrogen) atoms. The summed E-state index contributed by atoms with van der Waals surface area (Å²) in [6.07, 6.45) is 5.67. The van der Waals surface area contributed by atoms with Gasteiger partial charge in [0.2, 0.25) is 11.8 Å². The lowest BCUT2D eigenvalue weighted by Crippen LogP contribution is -2.35. The second-order valence-electron chi connectivity index (χ2n) is 9.25. The molecule has 5 rings (SSSR count). The third-order valence-electron chi connectivity index (χ3n) is 6.00. The maximum Gasteiger partial charge on any atom is 0.263 e. The molecule has 2 aliphatic rings. The van der Waals surface area contributed by atoms with Crippen LogP contribution in [-0.4, -0.2) is 36.4 Å². The third-order valence-corrected chi connectivity index (χ3v) is 7.35. The van der Waals surface area contributed by atoms with Crippen molar-refractivity contribution in [1.82, 2.24) is 15.3 Å². The summed E-state index contributed by atoms with van der Waals surface area (Å²) < 4.78 is 41.2. The number of sulfonamides is 1. The number of carbonyl (C=O) groups excluding carboxylic acids is 1. The summed E-state index contributed by atoms with van der Waals surface area (Å²) in [6.45, 7) is 5.82. The maximum atomic E-state index is 13.3. The van der Waals surface area contributed by atoms with Gasteiger partial charge >= 0.3 is 0 Å². The topological polar surface area (TPSA) is 120 Å². The molecule has 9 nitrogen and oxygen atoms in total. The molecule has 0 saturated carbocycles. The Kier molecular flexibility index (Phi) is 6.90. The number of carbonyl (C=O) groups is 1. The zero-order valence-electron chi connectivity index (χ0n) is 21.3. The standard InChI is InChI=1S/C28H28N4O5S/c1-4-24-25(18-8-5-11-21(14-18)36-17(2)3)30-28-31-27(24)37-22-12-6-9-19(15-22)26(33)29-20-10-7-13-23(16-20)38(34,35)32-28/h5-9,11-17,20H,4,10H2,1-3H3,(H,29,33)(H,30,31,32). The zero-order chi connectivity index (χ0) is 26.9. The van der Waals surface area contributed by atoms with Gasteiger partial charge in [0.15, 0.2) is 0 Å². The summed E-state index contributed by atoms with van der Waals surface area (Å²) in [6, 6.07) is 13.7. The molecule has 2 heterocycles. The van der Waals surface area contributed by atoms with E-state index in [0.717, 1.165) is 5.56 Å². The van der Waals surface area contributed by atoms with Crippen LogP contribution in [0.1, 0.15) is 43.1 Å². The van der Waals surface area contributed by atoms with Gasteiger partial charge < -0.3 is 14.8 Å². The van der Waals surface area contributed by atoms with Crippen molar-refractivity contribution in [3.8, 4) is 28.6 Å². The molecule has 0 fully saturated rings. The van der Waals surface area contributed by atoms with Crippen LogP contribution in [0.2, 0.25) is 0 Å². The normalized spacial score (nSPS) is 17.9. The molecule has 1 aliphatic carbocycles. The minimum Gasteiger partial charge on any atom is -0.491 e. The Balaban J connectivity index is 1.70. The monoisotopic (exact) mass is 532 g/mol. The molecule has 1 aliphatic heterocycles. The predicted molar refractivity (Wildman–Crippen MR) is 145 cm³/mol. The molecule has 196 valence electrons. The van der Waals surface area contributed by atoms with Crippen LogP contribution in [0.15, 0.2) is 71.7 Å². The molecule has 2 aromatic carbocycles. The van der Waals surface area contributed by atoms with Crippen LogP contribution in [-0.2, 0) is 16.4 Å². The minimum atomic E-state index is -4.06. The highest BCUT2D eigenvalue weighted by atomic mass is 32.2. The van der Waals surface area contributed by atoms with Gasteiger partial charge in [0, 0.05) is 16.7 Å². The Hall–Kier alpha value is -4.18. The van der Waals surface area contributed by atoms with Crippen LogP contribution in [0.4, 0.5) is 5.95 Å². The Morgan fingerprint density at radius 3 is 2.68 bits per heavy atom. The molecular weight excluding hydrogens is 504 g/mol. The van der Waals surface area contributed by atoms with Crippen molar-refractivity contribution in [3.05, 3.63) is 82.8 Å². The lowest BCUT2D eigenvalue weighted by Gasteiger charge is -2.21. The average Bonchev–Trinajstić information content (AvgIpc) is 2.88. The lowest BCUT2D eigenvalue weighted by atomic mass is 10.0. The number of hydrogen-bond acceptors (Lipinski definition) is 7. The van der Waals surface area contributed by atoms with Crippen molar-refractivity contribution in [2.75, 3.05) is 4.72 Å². The number of anilines is 1. The number of ether oxygens (including phenoxy) is 2. The minimum absolute atomic E-state index is 0.0133. The van der Waals surface area contributed by atoms with Crippen LogP contribution in [0, 0.1) is 0 Å². The Morgan fingerprint density at radius 2 is 1.89 bits per heavy atom. The number of rotatable bonds is 4. The molecular formula is C28H28N4O5S. The Bertz CT molecular complexity index is 1560. The highest BCUT2D eigenvalue weighted by Gasteiger charge is 2.25. The maximum absolute atomic E-state index is 13.3. The van der Waals surface area contributed by atoms with Crippen molar-refractivity contribution in [3.63, 3.8) is 0 Å². The molecule has 1 atom stereocenters. The van der Waals surface area contributed by atoms with Crippen LogP contribution in [0.25, 0.3) is 11.3 Å². The predicted octanol–water partition coefficient (Wildman–Crippen LogP) is 4.98. The van der Waals surface area contributed by atoms with E-state index in [1.165, 1.54) is 12.2 Å². The third kappa shape index (κ3) is 5.40. The van der Waals surface area contributed by atoms with E-state index < -0.39 is 16.1 Å². The fraction of sp³-hybridized carbons (Fsp3) is 0.250. The van der Waals surface area contributed by atoms with Crippen molar-refractivity contribution >= 4 is 21.9 Å². The van der Waals surface area contributed by atoms with Crippen molar-refractivity contribution in [2.24, 2.45) is 0 Å². The SMILES string of the molecule is CCc1c2nc(nc1-c1cccc(OC(C)C)c1)NS(=O)(=O)C1=CC(CC=C1)NC(=O)c1cccc(c1)O2. The molecule has 3 aromatic rings. The van der Waals surface area contributed by atoms with E-state index in [4.69, 9.17) is 9.47 Å². The molecule has 10 heteroatoms. The summed E-state index contributed by atoms with van der Waals surface area (Å²) in [5.41, 5.74) is 2.29. The molecule has 0 spiro atoms. The summed E-state index contributed by atoms with van der Waals surface area (Å²) in [7, 11) is -4.06. The largest absolute Gasteiger partial charge is 0.491 e. The van der Waals surface area contributed by atoms with Crippen LogP contribution >= 0.6 is 0 Å². The van der Waals surface area contributed by atoms with E-state index in [-0.39, 0.29) is 28.7 Å². The Morgan fingerprint density at radius 1 is 1.11 bits per heavy atom. The molecule has 1 unspecified atom stereocenters. The lowest BCUT2D eigenvalue weighted by molar-refractivity contribution is 0.0944. The quantitative estimate of drug-likeness (QED) is 0.486.